The molecule has 7 heteroatoms. The quantitative estimate of drug-likeness (QED) is 0.856. The molecule has 1 heterocycles. The number of halogens is 1. The molecule has 0 aliphatic rings. The van der Waals surface area contributed by atoms with Crippen LogP contribution < -0.4 is 4.87 Å². The minimum atomic E-state index is -0.831. The average Bonchev–Trinajstić information content (AvgIpc) is 2.78. The number of aromatic nitrogens is 1. The van der Waals surface area contributed by atoms with Crippen molar-refractivity contribution < 1.29 is 9.90 Å². The van der Waals surface area contributed by atoms with E-state index in [1.165, 1.54) is 0 Å². The van der Waals surface area contributed by atoms with Crippen molar-refractivity contribution in [1.82, 2.24) is 9.88 Å². The van der Waals surface area contributed by atoms with Crippen LogP contribution in [-0.2, 0) is 11.3 Å². The Morgan fingerprint density at radius 1 is 1.38 bits per heavy atom. The van der Waals surface area contributed by atoms with Crippen molar-refractivity contribution in [3.05, 3.63) is 43.8 Å². The average molecular weight is 327 g/mol. The monoisotopic (exact) mass is 326 g/mol. The normalized spacial score (nSPS) is 11.0. The molecule has 0 atom stereocenters. The summed E-state index contributed by atoms with van der Waals surface area (Å²) in [5.74, 6) is -0.831. The number of H-pyrrole nitrogens is 1. The molecule has 112 valence electrons. The smallest absolute Gasteiger partial charge is 0.305 e. The minimum absolute atomic E-state index is 0.0755. The third-order valence-corrected chi connectivity index (χ3v) is 4.09. The fourth-order valence-corrected chi connectivity index (χ4v) is 2.99. The van der Waals surface area contributed by atoms with Gasteiger partial charge in [-0.3, -0.25) is 9.59 Å². The Bertz CT molecular complexity index is 678. The Morgan fingerprint density at radius 3 is 2.67 bits per heavy atom. The van der Waals surface area contributed by atoms with Crippen molar-refractivity contribution in [2.75, 3.05) is 13.6 Å². The van der Waals surface area contributed by atoms with Crippen LogP contribution in [-0.4, -0.2) is 34.6 Å². The lowest BCUT2D eigenvalue weighted by molar-refractivity contribution is -0.137. The number of benzene rings is 1. The molecule has 0 aliphatic heterocycles. The van der Waals surface area contributed by atoms with E-state index in [0.29, 0.717) is 18.1 Å². The number of carbonyl (C=O) groups is 1. The van der Waals surface area contributed by atoms with E-state index in [9.17, 15) is 9.59 Å². The molecule has 2 N–H and O–H groups in total. The molecular weight excluding hydrogens is 312 g/mol. The molecule has 1 aromatic heterocycles. The molecular formula is C14H15ClN2O3S. The predicted molar refractivity (Wildman–Crippen MR) is 84.0 cm³/mol. The highest BCUT2D eigenvalue weighted by molar-refractivity contribution is 7.09. The van der Waals surface area contributed by atoms with Gasteiger partial charge in [0, 0.05) is 23.0 Å². The van der Waals surface area contributed by atoms with Crippen LogP contribution in [0.25, 0.3) is 11.3 Å². The Labute approximate surface area is 130 Å². The fraction of sp³-hybridized carbons (Fsp3) is 0.286. The maximum Gasteiger partial charge on any atom is 0.305 e. The molecule has 0 fully saturated rings. The van der Waals surface area contributed by atoms with E-state index < -0.39 is 5.97 Å². The molecule has 0 radical (unpaired) electrons. The topological polar surface area (TPSA) is 73.4 Å². The second-order valence-electron chi connectivity index (χ2n) is 4.70. The third kappa shape index (κ3) is 4.42. The van der Waals surface area contributed by atoms with Gasteiger partial charge in [0.1, 0.15) is 0 Å². The fourth-order valence-electron chi connectivity index (χ4n) is 1.93. The number of rotatable bonds is 6. The van der Waals surface area contributed by atoms with Crippen LogP contribution in [0, 0.1) is 0 Å². The summed E-state index contributed by atoms with van der Waals surface area (Å²) in [6, 6.07) is 7.23. The van der Waals surface area contributed by atoms with Gasteiger partial charge in [-0.2, -0.15) is 0 Å². The summed E-state index contributed by atoms with van der Waals surface area (Å²) in [5, 5.41) is 9.33. The van der Waals surface area contributed by atoms with Gasteiger partial charge in [0.25, 0.3) is 0 Å². The summed E-state index contributed by atoms with van der Waals surface area (Å²) in [6.07, 6.45) is 0.0755. The van der Waals surface area contributed by atoms with Crippen LogP contribution in [0.1, 0.15) is 11.3 Å². The number of carboxylic acids is 1. The van der Waals surface area contributed by atoms with Crippen LogP contribution in [0.3, 0.4) is 0 Å². The summed E-state index contributed by atoms with van der Waals surface area (Å²) in [6.45, 7) is 0.954. The largest absolute Gasteiger partial charge is 0.481 e. The van der Waals surface area contributed by atoms with Crippen molar-refractivity contribution in [2.24, 2.45) is 0 Å². The standard InChI is InChI=1S/C14H15ClN2O3S/c1-17(7-6-12(18)19)8-11-13(16-14(20)21-11)9-2-4-10(15)5-3-9/h2-5H,6-8H2,1H3,(H,16,20)(H,18,19). The van der Waals surface area contributed by atoms with Gasteiger partial charge in [-0.05, 0) is 24.7 Å². The number of carboxylic acid groups (broad SMARTS) is 1. The minimum Gasteiger partial charge on any atom is -0.481 e. The number of aromatic amines is 1. The number of nitrogens with one attached hydrogen (secondary N) is 1. The predicted octanol–water partition coefficient (Wildman–Crippen LogP) is 2.66. The van der Waals surface area contributed by atoms with Gasteiger partial charge in [-0.15, -0.1) is 0 Å². The number of hydrogen-bond donors (Lipinski definition) is 2. The number of aliphatic carboxylic acids is 1. The Kier molecular flexibility index (Phi) is 5.17. The first-order valence-electron chi connectivity index (χ1n) is 6.34. The molecule has 21 heavy (non-hydrogen) atoms. The summed E-state index contributed by atoms with van der Waals surface area (Å²) >= 11 is 7.01. The van der Waals surface area contributed by atoms with Crippen molar-refractivity contribution in [3.8, 4) is 11.3 Å². The number of thiazole rings is 1. The zero-order valence-electron chi connectivity index (χ0n) is 11.4. The van der Waals surface area contributed by atoms with Gasteiger partial charge in [-0.25, -0.2) is 0 Å². The van der Waals surface area contributed by atoms with Gasteiger partial charge in [0.05, 0.1) is 12.1 Å². The molecule has 0 amide bonds. The zero-order chi connectivity index (χ0) is 15.4. The Balaban J connectivity index is 2.19. The second kappa shape index (κ2) is 6.89. The van der Waals surface area contributed by atoms with Crippen LogP contribution in [0.5, 0.6) is 0 Å². The summed E-state index contributed by atoms with van der Waals surface area (Å²) < 4.78 is 0. The van der Waals surface area contributed by atoms with Crippen molar-refractivity contribution in [3.63, 3.8) is 0 Å². The summed E-state index contributed by atoms with van der Waals surface area (Å²) in [5.41, 5.74) is 1.66. The van der Waals surface area contributed by atoms with E-state index in [-0.39, 0.29) is 11.3 Å². The van der Waals surface area contributed by atoms with Crippen molar-refractivity contribution in [1.29, 1.82) is 0 Å². The highest BCUT2D eigenvalue weighted by atomic mass is 35.5. The molecule has 0 saturated carbocycles. The van der Waals surface area contributed by atoms with Gasteiger partial charge in [-0.1, -0.05) is 35.1 Å². The number of hydrogen-bond acceptors (Lipinski definition) is 4. The lowest BCUT2D eigenvalue weighted by Gasteiger charge is -2.15. The van der Waals surface area contributed by atoms with Crippen molar-refractivity contribution in [2.45, 2.75) is 13.0 Å². The third-order valence-electron chi connectivity index (χ3n) is 2.98. The zero-order valence-corrected chi connectivity index (χ0v) is 13.0. The molecule has 2 rings (SSSR count). The van der Waals surface area contributed by atoms with E-state index in [1.807, 2.05) is 24.1 Å². The van der Waals surface area contributed by atoms with Gasteiger partial charge in [0.15, 0.2) is 0 Å². The first kappa shape index (κ1) is 15.8. The lowest BCUT2D eigenvalue weighted by Crippen LogP contribution is -2.21. The van der Waals surface area contributed by atoms with Gasteiger partial charge >= 0.3 is 10.8 Å². The maximum absolute atomic E-state index is 11.6. The molecule has 0 unspecified atom stereocenters. The molecule has 0 spiro atoms. The van der Waals surface area contributed by atoms with E-state index >= 15 is 0 Å². The molecule has 1 aromatic carbocycles. The molecule has 2 aromatic rings. The molecule has 0 saturated heterocycles. The highest BCUT2D eigenvalue weighted by Gasteiger charge is 2.13. The van der Waals surface area contributed by atoms with Crippen LogP contribution in [0.15, 0.2) is 29.1 Å². The maximum atomic E-state index is 11.6. The summed E-state index contributed by atoms with van der Waals surface area (Å²) in [7, 11) is 1.83. The van der Waals surface area contributed by atoms with Crippen LogP contribution in [0.2, 0.25) is 5.02 Å². The van der Waals surface area contributed by atoms with E-state index in [1.54, 1.807) is 12.1 Å². The van der Waals surface area contributed by atoms with Crippen LogP contribution in [0.4, 0.5) is 0 Å². The van der Waals surface area contributed by atoms with E-state index in [2.05, 4.69) is 4.98 Å². The first-order chi connectivity index (χ1) is 9.95. The molecule has 0 aliphatic carbocycles. The molecule has 0 bridgehead atoms. The molecule has 5 nitrogen and oxygen atoms in total. The summed E-state index contributed by atoms with van der Waals surface area (Å²) in [4.78, 5) is 27.7. The van der Waals surface area contributed by atoms with E-state index in [4.69, 9.17) is 16.7 Å². The number of nitrogens with zero attached hydrogens (tertiary/aromatic N) is 1. The second-order valence-corrected chi connectivity index (χ2v) is 6.21. The van der Waals surface area contributed by atoms with Crippen molar-refractivity contribution >= 4 is 28.9 Å². The lowest BCUT2D eigenvalue weighted by atomic mass is 10.1. The SMILES string of the molecule is CN(CCC(=O)O)Cc1sc(=O)[nH]c1-c1ccc(Cl)cc1. The van der Waals surface area contributed by atoms with Gasteiger partial charge in [0.2, 0.25) is 0 Å². The highest BCUT2D eigenvalue weighted by Crippen LogP contribution is 2.25. The Hall–Kier alpha value is -1.63. The van der Waals surface area contributed by atoms with Crippen LogP contribution >= 0.6 is 22.9 Å². The van der Waals surface area contributed by atoms with E-state index in [0.717, 1.165) is 27.5 Å². The Morgan fingerprint density at radius 2 is 2.05 bits per heavy atom. The first-order valence-corrected chi connectivity index (χ1v) is 7.53. The van der Waals surface area contributed by atoms with Gasteiger partial charge < -0.3 is 15.0 Å².